The number of aliphatic imine (C=N–C) groups is 1. The molecule has 0 aliphatic rings. The predicted octanol–water partition coefficient (Wildman–Crippen LogP) is 3.24. The first-order valence-electron chi connectivity index (χ1n) is 8.43. The van der Waals surface area contributed by atoms with Gasteiger partial charge in [0, 0.05) is 11.8 Å². The lowest BCUT2D eigenvalue weighted by atomic mass is 10.2. The maximum Gasteiger partial charge on any atom is 0.0702 e. The van der Waals surface area contributed by atoms with E-state index in [0.29, 0.717) is 0 Å². The van der Waals surface area contributed by atoms with Gasteiger partial charge in [-0.2, -0.15) is 0 Å². The number of rotatable bonds is 6. The fourth-order valence-corrected chi connectivity index (χ4v) is 5.06. The van der Waals surface area contributed by atoms with Crippen LogP contribution >= 0.6 is 7.92 Å². The summed E-state index contributed by atoms with van der Waals surface area (Å²) < 4.78 is 0. The van der Waals surface area contributed by atoms with E-state index in [1.54, 1.807) is 0 Å². The summed E-state index contributed by atoms with van der Waals surface area (Å²) >= 11 is 0. The zero-order valence-electron chi connectivity index (χ0n) is 14.3. The van der Waals surface area contributed by atoms with E-state index in [1.807, 2.05) is 19.2 Å². The number of nitrogens with zero attached hydrogens (tertiary/aromatic N) is 1. The van der Waals surface area contributed by atoms with E-state index >= 15 is 0 Å². The second-order valence-electron chi connectivity index (χ2n) is 5.88. The van der Waals surface area contributed by atoms with Crippen molar-refractivity contribution in [1.29, 1.82) is 0 Å². The van der Waals surface area contributed by atoms with Gasteiger partial charge in [-0.05, 0) is 30.8 Å². The third-order valence-electron chi connectivity index (χ3n) is 3.94. The normalized spacial score (nSPS) is 12.6. The molecule has 0 aliphatic carbocycles. The molecule has 3 rings (SSSR count). The Morgan fingerprint density at radius 2 is 1.36 bits per heavy atom. The van der Waals surface area contributed by atoms with Crippen molar-refractivity contribution < 1.29 is 5.11 Å². The van der Waals surface area contributed by atoms with Crippen LogP contribution in [0.4, 0.5) is 0 Å². The summed E-state index contributed by atoms with van der Waals surface area (Å²) in [4.78, 5) is 4.48. The lowest BCUT2D eigenvalue weighted by molar-refractivity contribution is 0.275. The van der Waals surface area contributed by atoms with Crippen LogP contribution in [0, 0.1) is 0 Å². The lowest BCUT2D eigenvalue weighted by Crippen LogP contribution is -2.23. The number of aliphatic hydroxyl groups excluding tert-OH is 1. The summed E-state index contributed by atoms with van der Waals surface area (Å²) in [5.41, 5.74) is 1.11. The van der Waals surface area contributed by atoms with Crippen LogP contribution in [-0.2, 0) is 0 Å². The first-order valence-corrected chi connectivity index (χ1v) is 9.77. The molecule has 0 radical (unpaired) electrons. The van der Waals surface area contributed by atoms with Gasteiger partial charge in [-0.25, -0.2) is 0 Å². The molecule has 0 amide bonds. The van der Waals surface area contributed by atoms with E-state index in [2.05, 4.69) is 83.9 Å². The molecular weight excluding hydrogens is 325 g/mol. The molecular formula is C22H22NOP. The SMILES string of the molecule is C[C@H](CO)N=Cc1ccccc1P(c1ccccc1)c1ccccc1. The second kappa shape index (κ2) is 8.71. The van der Waals surface area contributed by atoms with Gasteiger partial charge in [0.1, 0.15) is 0 Å². The molecule has 0 aliphatic heterocycles. The Labute approximate surface area is 150 Å². The topological polar surface area (TPSA) is 32.6 Å². The highest BCUT2D eigenvalue weighted by molar-refractivity contribution is 7.80. The van der Waals surface area contributed by atoms with Crippen LogP contribution in [0.15, 0.2) is 89.9 Å². The highest BCUT2D eigenvalue weighted by Gasteiger charge is 2.18. The minimum Gasteiger partial charge on any atom is -0.394 e. The van der Waals surface area contributed by atoms with Crippen molar-refractivity contribution in [3.63, 3.8) is 0 Å². The molecule has 0 aromatic heterocycles. The molecule has 1 N–H and O–H groups in total. The van der Waals surface area contributed by atoms with Crippen molar-refractivity contribution in [1.82, 2.24) is 0 Å². The van der Waals surface area contributed by atoms with E-state index in [-0.39, 0.29) is 12.6 Å². The van der Waals surface area contributed by atoms with E-state index in [0.717, 1.165) is 5.56 Å². The van der Waals surface area contributed by atoms with Crippen LogP contribution < -0.4 is 15.9 Å². The summed E-state index contributed by atoms with van der Waals surface area (Å²) in [5.74, 6) is 0. The monoisotopic (exact) mass is 347 g/mol. The molecule has 2 nitrogen and oxygen atoms in total. The molecule has 126 valence electrons. The van der Waals surface area contributed by atoms with E-state index in [4.69, 9.17) is 0 Å². The fourth-order valence-electron chi connectivity index (χ4n) is 2.64. The second-order valence-corrected chi connectivity index (χ2v) is 8.06. The number of benzene rings is 3. The van der Waals surface area contributed by atoms with Crippen LogP contribution in [0.3, 0.4) is 0 Å². The number of hydrogen-bond donors (Lipinski definition) is 1. The van der Waals surface area contributed by atoms with E-state index in [9.17, 15) is 5.11 Å². The average Bonchev–Trinajstić information content (AvgIpc) is 2.69. The predicted molar refractivity (Wildman–Crippen MR) is 109 cm³/mol. The van der Waals surface area contributed by atoms with Gasteiger partial charge in [-0.1, -0.05) is 84.9 Å². The van der Waals surface area contributed by atoms with Crippen LogP contribution in [0.2, 0.25) is 0 Å². The zero-order chi connectivity index (χ0) is 17.5. The summed E-state index contributed by atoms with van der Waals surface area (Å²) in [5, 5.41) is 13.2. The van der Waals surface area contributed by atoms with Gasteiger partial charge in [0.2, 0.25) is 0 Å². The quantitative estimate of drug-likeness (QED) is 0.539. The van der Waals surface area contributed by atoms with Crippen LogP contribution in [0.1, 0.15) is 12.5 Å². The molecule has 0 heterocycles. The third kappa shape index (κ3) is 4.42. The van der Waals surface area contributed by atoms with Crippen molar-refractivity contribution in [2.24, 2.45) is 4.99 Å². The summed E-state index contributed by atoms with van der Waals surface area (Å²) in [7, 11) is -0.656. The molecule has 0 saturated heterocycles. The molecule has 25 heavy (non-hydrogen) atoms. The smallest absolute Gasteiger partial charge is 0.0702 e. The Hall–Kier alpha value is -2.28. The molecule has 0 bridgehead atoms. The van der Waals surface area contributed by atoms with Crippen molar-refractivity contribution in [2.75, 3.05) is 6.61 Å². The van der Waals surface area contributed by atoms with Crippen LogP contribution in [-0.4, -0.2) is 24.0 Å². The molecule has 0 fully saturated rings. The van der Waals surface area contributed by atoms with Crippen molar-refractivity contribution in [3.05, 3.63) is 90.5 Å². The van der Waals surface area contributed by atoms with E-state index < -0.39 is 7.92 Å². The van der Waals surface area contributed by atoms with Gasteiger partial charge in [0.25, 0.3) is 0 Å². The highest BCUT2D eigenvalue weighted by Crippen LogP contribution is 2.33. The van der Waals surface area contributed by atoms with Gasteiger partial charge in [0.05, 0.1) is 12.6 Å². The lowest BCUT2D eigenvalue weighted by Gasteiger charge is -2.21. The first-order chi connectivity index (χ1) is 12.3. The molecule has 1 atom stereocenters. The minimum atomic E-state index is -0.656. The molecule has 0 saturated carbocycles. The molecule has 3 aromatic carbocycles. The van der Waals surface area contributed by atoms with Crippen molar-refractivity contribution in [3.8, 4) is 0 Å². The molecule has 0 spiro atoms. The Morgan fingerprint density at radius 3 is 1.92 bits per heavy atom. The zero-order valence-corrected chi connectivity index (χ0v) is 15.2. The van der Waals surface area contributed by atoms with Crippen molar-refractivity contribution in [2.45, 2.75) is 13.0 Å². The van der Waals surface area contributed by atoms with Gasteiger partial charge in [0.15, 0.2) is 0 Å². The van der Waals surface area contributed by atoms with Crippen LogP contribution in [0.5, 0.6) is 0 Å². The van der Waals surface area contributed by atoms with Gasteiger partial charge in [-0.3, -0.25) is 4.99 Å². The van der Waals surface area contributed by atoms with E-state index in [1.165, 1.54) is 15.9 Å². The molecule has 3 heteroatoms. The Balaban J connectivity index is 2.10. The Bertz CT molecular complexity index is 778. The third-order valence-corrected chi connectivity index (χ3v) is 6.46. The summed E-state index contributed by atoms with van der Waals surface area (Å²) in [6.45, 7) is 1.97. The molecule has 0 unspecified atom stereocenters. The summed E-state index contributed by atoms with van der Waals surface area (Å²) in [6.07, 6.45) is 1.90. The van der Waals surface area contributed by atoms with Gasteiger partial charge < -0.3 is 5.11 Å². The maximum absolute atomic E-state index is 9.24. The number of aliphatic hydroxyl groups is 1. The Kier molecular flexibility index (Phi) is 6.11. The summed E-state index contributed by atoms with van der Waals surface area (Å²) in [6, 6.07) is 29.6. The van der Waals surface area contributed by atoms with Crippen molar-refractivity contribution >= 4 is 30.0 Å². The van der Waals surface area contributed by atoms with Crippen LogP contribution in [0.25, 0.3) is 0 Å². The number of hydrogen-bond acceptors (Lipinski definition) is 2. The minimum absolute atomic E-state index is 0.0603. The molecule has 3 aromatic rings. The van der Waals surface area contributed by atoms with Gasteiger partial charge >= 0.3 is 0 Å². The standard InChI is InChI=1S/C22H22NOP/c1-18(17-24)23-16-19-10-8-9-15-22(19)25(20-11-4-2-5-12-20)21-13-6-3-7-14-21/h2-16,18,24H,17H2,1H3/t18-/m1/s1. The first kappa shape index (κ1) is 17.5. The largest absolute Gasteiger partial charge is 0.394 e. The van der Waals surface area contributed by atoms with Gasteiger partial charge in [-0.15, -0.1) is 0 Å². The average molecular weight is 347 g/mol. The highest BCUT2D eigenvalue weighted by atomic mass is 31.1. The fraction of sp³-hybridized carbons (Fsp3) is 0.136. The maximum atomic E-state index is 9.24. The Morgan fingerprint density at radius 1 is 0.840 bits per heavy atom.